The minimum absolute atomic E-state index is 0.587. The molecule has 20 heavy (non-hydrogen) atoms. The van der Waals surface area contributed by atoms with Crippen LogP contribution in [0.15, 0.2) is 37.0 Å². The molecule has 0 aromatic heterocycles. The Hall–Kier alpha value is -1.03. The second kappa shape index (κ2) is 5.76. The van der Waals surface area contributed by atoms with Gasteiger partial charge in [-0.2, -0.15) is 11.8 Å². The van der Waals surface area contributed by atoms with Crippen LogP contribution in [0.4, 0.5) is 0 Å². The van der Waals surface area contributed by atoms with Gasteiger partial charge in [-0.25, -0.2) is 0 Å². The molecule has 0 bridgehead atoms. The molecule has 0 spiro atoms. The lowest BCUT2D eigenvalue weighted by molar-refractivity contribution is 0.427. The van der Waals surface area contributed by atoms with Crippen molar-refractivity contribution in [1.82, 2.24) is 15.5 Å². The van der Waals surface area contributed by atoms with Gasteiger partial charge in [-0.15, -0.1) is 0 Å². The fraction of sp³-hybridized carbons (Fsp3) is 0.625. The zero-order valence-corrected chi connectivity index (χ0v) is 13.0. The molecule has 3 saturated heterocycles. The highest BCUT2D eigenvalue weighted by Gasteiger charge is 2.40. The zero-order valence-electron chi connectivity index (χ0n) is 12.2. The first-order valence-corrected chi connectivity index (χ1v) is 8.66. The maximum Gasteiger partial charge on any atom is 0.0918 e. The number of rotatable bonds is 5. The van der Waals surface area contributed by atoms with E-state index >= 15 is 0 Å². The molecule has 0 amide bonds. The molecule has 3 aliphatic heterocycles. The van der Waals surface area contributed by atoms with Crippen molar-refractivity contribution >= 4 is 11.8 Å². The van der Waals surface area contributed by atoms with Crippen LogP contribution in [0, 0.1) is 0 Å². The molecule has 0 aromatic rings. The maximum atomic E-state index is 4.13. The lowest BCUT2D eigenvalue weighted by Gasteiger charge is -2.21. The van der Waals surface area contributed by atoms with E-state index in [2.05, 4.69) is 47.0 Å². The fourth-order valence-corrected chi connectivity index (χ4v) is 5.01. The van der Waals surface area contributed by atoms with Crippen molar-refractivity contribution in [3.05, 3.63) is 37.0 Å². The van der Waals surface area contributed by atoms with Crippen LogP contribution < -0.4 is 10.6 Å². The van der Waals surface area contributed by atoms with Gasteiger partial charge in [0, 0.05) is 28.9 Å². The van der Waals surface area contributed by atoms with Gasteiger partial charge < -0.3 is 15.5 Å². The highest BCUT2D eigenvalue weighted by molar-refractivity contribution is 8.00. The maximum absolute atomic E-state index is 4.13. The number of nitrogens with zero attached hydrogens (tertiary/aromatic N) is 1. The Morgan fingerprint density at radius 2 is 1.85 bits per heavy atom. The van der Waals surface area contributed by atoms with Crippen molar-refractivity contribution in [2.24, 2.45) is 0 Å². The molecule has 3 atom stereocenters. The Balaban J connectivity index is 1.39. The molecule has 0 saturated carbocycles. The summed E-state index contributed by atoms with van der Waals surface area (Å²) in [5.74, 6) is 2.22. The Kier molecular flexibility index (Phi) is 4.01. The number of fused-ring (bicyclic) bond motifs is 1. The Morgan fingerprint density at radius 3 is 2.60 bits per heavy atom. The third-order valence-corrected chi connectivity index (χ3v) is 6.12. The van der Waals surface area contributed by atoms with Gasteiger partial charge in [0.2, 0.25) is 0 Å². The molecule has 3 aliphatic rings. The number of likely N-dealkylation sites (tertiary alicyclic amines) is 1. The SMILES string of the molecule is C=C1NC2CSC(CCCCN3C(=C)CCC3=C)C2N1. The lowest BCUT2D eigenvalue weighted by atomic mass is 10.0. The molecule has 0 aliphatic carbocycles. The first-order valence-electron chi connectivity index (χ1n) is 7.62. The first-order chi connectivity index (χ1) is 9.65. The molecule has 3 unspecified atom stereocenters. The summed E-state index contributed by atoms with van der Waals surface area (Å²) in [4.78, 5) is 2.32. The predicted molar refractivity (Wildman–Crippen MR) is 87.3 cm³/mol. The van der Waals surface area contributed by atoms with Crippen LogP contribution >= 0.6 is 11.8 Å². The van der Waals surface area contributed by atoms with E-state index in [1.165, 1.54) is 36.4 Å². The molecule has 0 aromatic carbocycles. The molecule has 110 valence electrons. The average Bonchev–Trinajstić information content (AvgIpc) is 3.04. The minimum Gasteiger partial charge on any atom is -0.367 e. The smallest absolute Gasteiger partial charge is 0.0918 e. The van der Waals surface area contributed by atoms with Gasteiger partial charge in [-0.3, -0.25) is 0 Å². The Morgan fingerprint density at radius 1 is 1.10 bits per heavy atom. The van der Waals surface area contributed by atoms with E-state index in [-0.39, 0.29) is 0 Å². The second-order valence-electron chi connectivity index (χ2n) is 6.05. The summed E-state index contributed by atoms with van der Waals surface area (Å²) in [5, 5.41) is 7.66. The summed E-state index contributed by atoms with van der Waals surface area (Å²) < 4.78 is 0. The molecule has 2 N–H and O–H groups in total. The summed E-state index contributed by atoms with van der Waals surface area (Å²) >= 11 is 2.11. The van der Waals surface area contributed by atoms with Crippen molar-refractivity contribution < 1.29 is 0 Å². The van der Waals surface area contributed by atoms with E-state index in [9.17, 15) is 0 Å². The molecular formula is C16H25N3S. The number of hydrogen-bond donors (Lipinski definition) is 2. The minimum atomic E-state index is 0.587. The lowest BCUT2D eigenvalue weighted by Crippen LogP contribution is -2.36. The van der Waals surface area contributed by atoms with E-state index in [1.807, 2.05) is 0 Å². The van der Waals surface area contributed by atoms with Crippen LogP contribution in [-0.4, -0.2) is 34.5 Å². The van der Waals surface area contributed by atoms with Crippen molar-refractivity contribution in [3.8, 4) is 0 Å². The van der Waals surface area contributed by atoms with Crippen LogP contribution in [0.2, 0.25) is 0 Å². The van der Waals surface area contributed by atoms with E-state index in [4.69, 9.17) is 0 Å². The third-order valence-electron chi connectivity index (χ3n) is 4.61. The van der Waals surface area contributed by atoms with Crippen molar-refractivity contribution in [3.63, 3.8) is 0 Å². The van der Waals surface area contributed by atoms with E-state index in [0.717, 1.165) is 30.5 Å². The number of hydrogen-bond acceptors (Lipinski definition) is 4. The molecule has 3 heterocycles. The number of unbranched alkanes of at least 4 members (excludes halogenated alkanes) is 1. The Bertz CT molecular complexity index is 415. The number of nitrogens with one attached hydrogen (secondary N) is 2. The number of thioether (sulfide) groups is 1. The highest BCUT2D eigenvalue weighted by Crippen LogP contribution is 2.34. The van der Waals surface area contributed by atoms with Crippen LogP contribution in [0.3, 0.4) is 0 Å². The second-order valence-corrected chi connectivity index (χ2v) is 7.32. The van der Waals surface area contributed by atoms with E-state index in [1.54, 1.807) is 0 Å². The van der Waals surface area contributed by atoms with Gasteiger partial charge in [0.25, 0.3) is 0 Å². The third kappa shape index (κ3) is 2.71. The van der Waals surface area contributed by atoms with Crippen molar-refractivity contribution in [2.75, 3.05) is 12.3 Å². The molecule has 3 rings (SSSR count). The first kappa shape index (κ1) is 13.9. The summed E-state index contributed by atoms with van der Waals surface area (Å²) in [6.45, 7) is 13.3. The topological polar surface area (TPSA) is 27.3 Å². The van der Waals surface area contributed by atoms with Gasteiger partial charge in [0.05, 0.1) is 17.9 Å². The summed E-state index contributed by atoms with van der Waals surface area (Å²) in [6.07, 6.45) is 6.01. The van der Waals surface area contributed by atoms with Gasteiger partial charge in [-0.05, 0) is 25.7 Å². The van der Waals surface area contributed by atoms with Crippen LogP contribution in [0.25, 0.3) is 0 Å². The van der Waals surface area contributed by atoms with Crippen molar-refractivity contribution in [2.45, 2.75) is 49.4 Å². The fourth-order valence-electron chi connectivity index (χ4n) is 3.46. The molecule has 3 fully saturated rings. The van der Waals surface area contributed by atoms with Crippen LogP contribution in [0.1, 0.15) is 32.1 Å². The highest BCUT2D eigenvalue weighted by atomic mass is 32.2. The summed E-state index contributed by atoms with van der Waals surface area (Å²) in [5.41, 5.74) is 2.51. The molecule has 3 nitrogen and oxygen atoms in total. The summed E-state index contributed by atoms with van der Waals surface area (Å²) in [7, 11) is 0. The van der Waals surface area contributed by atoms with E-state index in [0.29, 0.717) is 12.1 Å². The van der Waals surface area contributed by atoms with Gasteiger partial charge in [-0.1, -0.05) is 26.2 Å². The van der Waals surface area contributed by atoms with E-state index < -0.39 is 0 Å². The van der Waals surface area contributed by atoms with Crippen LogP contribution in [0.5, 0.6) is 0 Å². The normalized spacial score (nSPS) is 32.5. The van der Waals surface area contributed by atoms with Crippen molar-refractivity contribution in [1.29, 1.82) is 0 Å². The quantitative estimate of drug-likeness (QED) is 0.762. The van der Waals surface area contributed by atoms with Crippen LogP contribution in [-0.2, 0) is 0 Å². The monoisotopic (exact) mass is 291 g/mol. The molecule has 4 heteroatoms. The predicted octanol–water partition coefficient (Wildman–Crippen LogP) is 2.80. The number of allylic oxidation sites excluding steroid dienone is 2. The molecule has 0 radical (unpaired) electrons. The van der Waals surface area contributed by atoms with Gasteiger partial charge in [0.15, 0.2) is 0 Å². The standard InChI is InChI=1S/C16H25N3S/c1-11-7-8-12(2)19(11)9-5-4-6-15-16-14(10-20-15)17-13(3)18-16/h14-18H,1-10H2. The largest absolute Gasteiger partial charge is 0.367 e. The summed E-state index contributed by atoms with van der Waals surface area (Å²) in [6, 6.07) is 1.18. The van der Waals surface area contributed by atoms with Gasteiger partial charge >= 0.3 is 0 Å². The average molecular weight is 291 g/mol. The zero-order chi connectivity index (χ0) is 14.1. The van der Waals surface area contributed by atoms with Gasteiger partial charge in [0.1, 0.15) is 0 Å². The molecular weight excluding hydrogens is 266 g/mol. The Labute approximate surface area is 126 Å².